The van der Waals surface area contributed by atoms with Crippen LogP contribution in [0.3, 0.4) is 0 Å². The van der Waals surface area contributed by atoms with E-state index in [4.69, 9.17) is 0 Å². The second kappa shape index (κ2) is 6.79. The summed E-state index contributed by atoms with van der Waals surface area (Å²) in [5.74, 6) is 0.830. The second-order valence-corrected chi connectivity index (χ2v) is 7.31. The fourth-order valence-corrected chi connectivity index (χ4v) is 2.97. The summed E-state index contributed by atoms with van der Waals surface area (Å²) in [4.78, 5) is 4.37. The number of anilines is 2. The van der Waals surface area contributed by atoms with E-state index in [1.165, 1.54) is 0 Å². The van der Waals surface area contributed by atoms with Gasteiger partial charge in [0.15, 0.2) is 0 Å². The molecule has 0 radical (unpaired) electrons. The number of hydrogen-bond acceptors (Lipinski definition) is 4. The maximum atomic E-state index is 12.3. The van der Waals surface area contributed by atoms with Crippen molar-refractivity contribution in [1.29, 1.82) is 0 Å². The van der Waals surface area contributed by atoms with E-state index in [2.05, 4.69) is 28.9 Å². The molecule has 1 aromatic carbocycles. The number of aromatic nitrogens is 1. The number of nitrogens with zero attached hydrogens (tertiary/aromatic N) is 1. The normalized spacial score (nSPS) is 11.5. The molecule has 118 valence electrons. The fourth-order valence-electron chi connectivity index (χ4n) is 1.86. The van der Waals surface area contributed by atoms with Gasteiger partial charge >= 0.3 is 0 Å². The zero-order valence-electron chi connectivity index (χ0n) is 13.0. The van der Waals surface area contributed by atoms with Crippen molar-refractivity contribution in [2.75, 3.05) is 16.6 Å². The highest BCUT2D eigenvalue weighted by molar-refractivity contribution is 7.92. The van der Waals surface area contributed by atoms with Gasteiger partial charge in [0.25, 0.3) is 10.0 Å². The summed E-state index contributed by atoms with van der Waals surface area (Å²) < 4.78 is 27.1. The molecule has 0 atom stereocenters. The first kappa shape index (κ1) is 16.3. The highest BCUT2D eigenvalue weighted by Crippen LogP contribution is 2.17. The van der Waals surface area contributed by atoms with Crippen LogP contribution in [0, 0.1) is 12.8 Å². The average Bonchev–Trinajstić information content (AvgIpc) is 2.46. The molecule has 1 aromatic heterocycles. The molecule has 0 unspecified atom stereocenters. The summed E-state index contributed by atoms with van der Waals surface area (Å²) in [6.07, 6.45) is 1.62. The van der Waals surface area contributed by atoms with E-state index in [1.807, 2.05) is 19.1 Å². The zero-order chi connectivity index (χ0) is 16.2. The molecule has 0 aliphatic heterocycles. The summed E-state index contributed by atoms with van der Waals surface area (Å²) in [6, 6.07) is 10.2. The predicted molar refractivity (Wildman–Crippen MR) is 89.6 cm³/mol. The Morgan fingerprint density at radius 2 is 1.95 bits per heavy atom. The molecule has 2 aromatic rings. The molecule has 2 rings (SSSR count). The zero-order valence-corrected chi connectivity index (χ0v) is 13.8. The van der Waals surface area contributed by atoms with Gasteiger partial charge in [-0.05, 0) is 42.7 Å². The van der Waals surface area contributed by atoms with E-state index in [9.17, 15) is 8.42 Å². The Bertz CT molecular complexity index is 725. The van der Waals surface area contributed by atoms with Gasteiger partial charge < -0.3 is 5.32 Å². The van der Waals surface area contributed by atoms with Crippen LogP contribution < -0.4 is 10.0 Å². The molecule has 0 bridgehead atoms. The Hall–Kier alpha value is -2.08. The highest BCUT2D eigenvalue weighted by atomic mass is 32.2. The molecule has 0 fully saturated rings. The van der Waals surface area contributed by atoms with Crippen LogP contribution in [0.4, 0.5) is 11.5 Å². The number of benzene rings is 1. The standard InChI is InChI=1S/C16H21N3O2S/c1-12(2)10-17-14-7-8-16(18-11-14)19-22(20,21)15-6-4-5-13(3)9-15/h4-9,11-12,17H,10H2,1-3H3,(H,18,19). The molecule has 0 aliphatic rings. The van der Waals surface area contributed by atoms with Crippen molar-refractivity contribution in [3.8, 4) is 0 Å². The van der Waals surface area contributed by atoms with Gasteiger partial charge in [-0.25, -0.2) is 13.4 Å². The van der Waals surface area contributed by atoms with E-state index in [1.54, 1.807) is 30.5 Å². The van der Waals surface area contributed by atoms with Crippen LogP contribution in [0.2, 0.25) is 0 Å². The van der Waals surface area contributed by atoms with Gasteiger partial charge in [0.2, 0.25) is 0 Å². The Balaban J connectivity index is 2.10. The number of sulfonamides is 1. The predicted octanol–water partition coefficient (Wildman–Crippen LogP) is 3.26. The molecule has 5 nitrogen and oxygen atoms in total. The van der Waals surface area contributed by atoms with Crippen LogP contribution >= 0.6 is 0 Å². The lowest BCUT2D eigenvalue weighted by molar-refractivity contribution is 0.601. The van der Waals surface area contributed by atoms with E-state index in [-0.39, 0.29) is 4.90 Å². The Morgan fingerprint density at radius 3 is 2.55 bits per heavy atom. The first-order valence-electron chi connectivity index (χ1n) is 7.16. The van der Waals surface area contributed by atoms with Crippen molar-refractivity contribution in [3.63, 3.8) is 0 Å². The SMILES string of the molecule is Cc1cccc(S(=O)(=O)Nc2ccc(NCC(C)C)cn2)c1. The van der Waals surface area contributed by atoms with Crippen LogP contribution in [0.25, 0.3) is 0 Å². The fraction of sp³-hybridized carbons (Fsp3) is 0.312. The lowest BCUT2D eigenvalue weighted by Crippen LogP contribution is -2.14. The molecule has 6 heteroatoms. The van der Waals surface area contributed by atoms with Crippen molar-refractivity contribution in [2.24, 2.45) is 5.92 Å². The van der Waals surface area contributed by atoms with Gasteiger partial charge in [-0.1, -0.05) is 26.0 Å². The molecule has 0 aliphatic carbocycles. The minimum atomic E-state index is -3.61. The third-order valence-electron chi connectivity index (χ3n) is 3.02. The number of hydrogen-bond donors (Lipinski definition) is 2. The van der Waals surface area contributed by atoms with Crippen LogP contribution in [-0.4, -0.2) is 19.9 Å². The summed E-state index contributed by atoms with van der Waals surface area (Å²) in [5, 5.41) is 3.23. The van der Waals surface area contributed by atoms with Crippen molar-refractivity contribution in [1.82, 2.24) is 4.98 Å². The van der Waals surface area contributed by atoms with Gasteiger partial charge in [0.05, 0.1) is 16.8 Å². The summed E-state index contributed by atoms with van der Waals surface area (Å²) in [5.41, 5.74) is 1.76. The molecule has 1 heterocycles. The lowest BCUT2D eigenvalue weighted by atomic mass is 10.2. The monoisotopic (exact) mass is 319 g/mol. The van der Waals surface area contributed by atoms with Crippen LogP contribution in [-0.2, 0) is 10.0 Å². The van der Waals surface area contributed by atoms with Crippen LogP contribution in [0.1, 0.15) is 19.4 Å². The number of aryl methyl sites for hydroxylation is 1. The molecule has 0 saturated carbocycles. The van der Waals surface area contributed by atoms with Gasteiger partial charge in [-0.15, -0.1) is 0 Å². The van der Waals surface area contributed by atoms with Gasteiger partial charge in [-0.2, -0.15) is 0 Å². The molecular formula is C16H21N3O2S. The van der Waals surface area contributed by atoms with Crippen molar-refractivity contribution < 1.29 is 8.42 Å². The van der Waals surface area contributed by atoms with Crippen molar-refractivity contribution >= 4 is 21.5 Å². The largest absolute Gasteiger partial charge is 0.384 e. The van der Waals surface area contributed by atoms with E-state index in [0.717, 1.165) is 17.8 Å². The van der Waals surface area contributed by atoms with Gasteiger partial charge in [0.1, 0.15) is 5.82 Å². The number of rotatable bonds is 6. The molecule has 0 amide bonds. The smallest absolute Gasteiger partial charge is 0.263 e. The second-order valence-electron chi connectivity index (χ2n) is 5.63. The molecule has 22 heavy (non-hydrogen) atoms. The first-order valence-corrected chi connectivity index (χ1v) is 8.64. The van der Waals surface area contributed by atoms with Crippen molar-refractivity contribution in [3.05, 3.63) is 48.2 Å². The topological polar surface area (TPSA) is 71.1 Å². The van der Waals surface area contributed by atoms with Gasteiger partial charge in [-0.3, -0.25) is 4.72 Å². The lowest BCUT2D eigenvalue weighted by Gasteiger charge is -2.10. The summed E-state index contributed by atoms with van der Waals surface area (Å²) in [6.45, 7) is 6.93. The minimum Gasteiger partial charge on any atom is -0.384 e. The van der Waals surface area contributed by atoms with Crippen LogP contribution in [0.5, 0.6) is 0 Å². The summed E-state index contributed by atoms with van der Waals surface area (Å²) in [7, 11) is -3.61. The van der Waals surface area contributed by atoms with E-state index in [0.29, 0.717) is 11.7 Å². The van der Waals surface area contributed by atoms with Crippen LogP contribution in [0.15, 0.2) is 47.5 Å². The Labute approximate surface area is 131 Å². The van der Waals surface area contributed by atoms with Gasteiger partial charge in [0, 0.05) is 6.54 Å². The molecule has 0 saturated heterocycles. The van der Waals surface area contributed by atoms with E-state index >= 15 is 0 Å². The third kappa shape index (κ3) is 4.46. The maximum Gasteiger partial charge on any atom is 0.263 e. The van der Waals surface area contributed by atoms with E-state index < -0.39 is 10.0 Å². The minimum absolute atomic E-state index is 0.233. The highest BCUT2D eigenvalue weighted by Gasteiger charge is 2.14. The number of pyridine rings is 1. The molecule has 0 spiro atoms. The molecular weight excluding hydrogens is 298 g/mol. The molecule has 2 N–H and O–H groups in total. The third-order valence-corrected chi connectivity index (χ3v) is 4.37. The average molecular weight is 319 g/mol. The maximum absolute atomic E-state index is 12.3. The first-order chi connectivity index (χ1) is 10.4. The van der Waals surface area contributed by atoms with Crippen molar-refractivity contribution in [2.45, 2.75) is 25.7 Å². The quantitative estimate of drug-likeness (QED) is 0.857. The number of nitrogens with one attached hydrogen (secondary N) is 2. The summed E-state index contributed by atoms with van der Waals surface area (Å²) >= 11 is 0. The Morgan fingerprint density at radius 1 is 1.18 bits per heavy atom. The Kier molecular flexibility index (Phi) is 5.03.